The van der Waals surface area contributed by atoms with E-state index in [0.29, 0.717) is 5.56 Å². The normalized spacial score (nSPS) is 9.89. The predicted molar refractivity (Wildman–Crippen MR) is 81.0 cm³/mol. The van der Waals surface area contributed by atoms with Crippen molar-refractivity contribution in [1.82, 2.24) is 0 Å². The van der Waals surface area contributed by atoms with E-state index in [1.807, 2.05) is 43.3 Å². The summed E-state index contributed by atoms with van der Waals surface area (Å²) < 4.78 is 2.01. The van der Waals surface area contributed by atoms with Gasteiger partial charge in [0.2, 0.25) is 0 Å². The van der Waals surface area contributed by atoms with Crippen molar-refractivity contribution in [3.8, 4) is 6.07 Å². The second kappa shape index (κ2) is 5.55. The van der Waals surface area contributed by atoms with Gasteiger partial charge in [-0.2, -0.15) is 5.26 Å². The molecule has 18 heavy (non-hydrogen) atoms. The Kier molecular flexibility index (Phi) is 4.05. The van der Waals surface area contributed by atoms with Gasteiger partial charge in [-0.1, -0.05) is 15.9 Å². The molecule has 0 aliphatic carbocycles. The summed E-state index contributed by atoms with van der Waals surface area (Å²) in [5, 5.41) is 12.2. The van der Waals surface area contributed by atoms with E-state index in [2.05, 4.69) is 43.2 Å². The highest BCUT2D eigenvalue weighted by atomic mass is 79.9. The van der Waals surface area contributed by atoms with E-state index in [1.165, 1.54) is 0 Å². The van der Waals surface area contributed by atoms with Gasteiger partial charge in [0.15, 0.2) is 0 Å². The van der Waals surface area contributed by atoms with Crippen LogP contribution >= 0.6 is 31.9 Å². The van der Waals surface area contributed by atoms with Crippen molar-refractivity contribution in [2.45, 2.75) is 6.92 Å². The van der Waals surface area contributed by atoms with Gasteiger partial charge in [-0.05, 0) is 64.8 Å². The van der Waals surface area contributed by atoms with Crippen molar-refractivity contribution in [3.05, 3.63) is 56.5 Å². The lowest BCUT2D eigenvalue weighted by Gasteiger charge is -2.10. The van der Waals surface area contributed by atoms with Crippen LogP contribution in [0.1, 0.15) is 11.1 Å². The summed E-state index contributed by atoms with van der Waals surface area (Å²) in [5.74, 6) is 0. The summed E-state index contributed by atoms with van der Waals surface area (Å²) in [7, 11) is 0. The first-order valence-electron chi connectivity index (χ1n) is 5.33. The molecule has 0 radical (unpaired) electrons. The lowest BCUT2D eigenvalue weighted by molar-refractivity contribution is 1.38. The summed E-state index contributed by atoms with van der Waals surface area (Å²) in [6.45, 7) is 1.93. The molecule has 1 N–H and O–H groups in total. The first-order chi connectivity index (χ1) is 8.60. The third-order valence-corrected chi connectivity index (χ3v) is 3.74. The number of rotatable bonds is 2. The van der Waals surface area contributed by atoms with Crippen LogP contribution in [0.3, 0.4) is 0 Å². The van der Waals surface area contributed by atoms with Gasteiger partial charge in [0.25, 0.3) is 0 Å². The highest BCUT2D eigenvalue weighted by Gasteiger charge is 2.03. The number of nitrogens with one attached hydrogen (secondary N) is 1. The van der Waals surface area contributed by atoms with Gasteiger partial charge in [-0.3, -0.25) is 0 Å². The number of hydrogen-bond donors (Lipinski definition) is 1. The molecule has 2 rings (SSSR count). The topological polar surface area (TPSA) is 35.8 Å². The van der Waals surface area contributed by atoms with Gasteiger partial charge in [-0.15, -0.1) is 0 Å². The summed E-state index contributed by atoms with van der Waals surface area (Å²) in [6, 6.07) is 13.8. The van der Waals surface area contributed by atoms with Crippen molar-refractivity contribution >= 4 is 43.2 Å². The van der Waals surface area contributed by atoms with Crippen LogP contribution in [0.5, 0.6) is 0 Å². The molecule has 0 aliphatic rings. The van der Waals surface area contributed by atoms with E-state index in [-0.39, 0.29) is 0 Å². The van der Waals surface area contributed by atoms with Crippen molar-refractivity contribution in [2.75, 3.05) is 5.32 Å². The molecule has 90 valence electrons. The standard InChI is InChI=1S/C14H10Br2N2/c1-9-6-12(4-2-10(9)8-17)18-14-7-11(15)3-5-13(14)16/h2-7,18H,1H3. The van der Waals surface area contributed by atoms with Gasteiger partial charge in [0, 0.05) is 14.6 Å². The number of aryl methyl sites for hydroxylation is 1. The van der Waals surface area contributed by atoms with Crippen LogP contribution in [0.4, 0.5) is 11.4 Å². The average Bonchev–Trinajstić information content (AvgIpc) is 2.34. The van der Waals surface area contributed by atoms with E-state index < -0.39 is 0 Å². The fourth-order valence-corrected chi connectivity index (χ4v) is 2.32. The molecule has 2 aromatic carbocycles. The maximum absolute atomic E-state index is 8.90. The van der Waals surface area contributed by atoms with Gasteiger partial charge in [-0.25, -0.2) is 0 Å². The lowest BCUT2D eigenvalue weighted by Crippen LogP contribution is -1.93. The predicted octanol–water partition coefficient (Wildman–Crippen LogP) is 5.14. The van der Waals surface area contributed by atoms with Crippen molar-refractivity contribution in [2.24, 2.45) is 0 Å². The minimum atomic E-state index is 0.703. The van der Waals surface area contributed by atoms with Crippen LogP contribution in [0.2, 0.25) is 0 Å². The lowest BCUT2D eigenvalue weighted by atomic mass is 10.1. The molecule has 0 amide bonds. The van der Waals surface area contributed by atoms with E-state index in [1.54, 1.807) is 0 Å². The third kappa shape index (κ3) is 2.92. The minimum Gasteiger partial charge on any atom is -0.355 e. The molecule has 0 fully saturated rings. The molecule has 2 aromatic rings. The molecule has 4 heteroatoms. The van der Waals surface area contributed by atoms with Gasteiger partial charge in [0.05, 0.1) is 17.3 Å². The maximum Gasteiger partial charge on any atom is 0.0994 e. The monoisotopic (exact) mass is 364 g/mol. The molecule has 0 aromatic heterocycles. The Morgan fingerprint density at radius 1 is 1.11 bits per heavy atom. The number of nitrogens with zero attached hydrogens (tertiary/aromatic N) is 1. The smallest absolute Gasteiger partial charge is 0.0994 e. The zero-order chi connectivity index (χ0) is 13.1. The Morgan fingerprint density at radius 3 is 2.56 bits per heavy atom. The van der Waals surface area contributed by atoms with E-state index >= 15 is 0 Å². The van der Waals surface area contributed by atoms with Crippen molar-refractivity contribution < 1.29 is 0 Å². The molecule has 0 bridgehead atoms. The summed E-state index contributed by atoms with van der Waals surface area (Å²) in [6.07, 6.45) is 0. The molecule has 0 saturated carbocycles. The van der Waals surface area contributed by atoms with Crippen LogP contribution in [0, 0.1) is 18.3 Å². The number of nitriles is 1. The van der Waals surface area contributed by atoms with Crippen LogP contribution < -0.4 is 5.32 Å². The number of benzene rings is 2. The Morgan fingerprint density at radius 2 is 1.89 bits per heavy atom. The summed E-state index contributed by atoms with van der Waals surface area (Å²) in [4.78, 5) is 0. The fraction of sp³-hybridized carbons (Fsp3) is 0.0714. The largest absolute Gasteiger partial charge is 0.355 e. The second-order valence-electron chi connectivity index (χ2n) is 3.89. The molecule has 0 saturated heterocycles. The molecule has 0 heterocycles. The SMILES string of the molecule is Cc1cc(Nc2cc(Br)ccc2Br)ccc1C#N. The van der Waals surface area contributed by atoms with Crippen molar-refractivity contribution in [3.63, 3.8) is 0 Å². The quantitative estimate of drug-likeness (QED) is 0.800. The van der Waals surface area contributed by atoms with E-state index in [0.717, 1.165) is 25.9 Å². The van der Waals surface area contributed by atoms with Gasteiger partial charge < -0.3 is 5.32 Å². The molecule has 0 aliphatic heterocycles. The highest BCUT2D eigenvalue weighted by molar-refractivity contribution is 9.11. The van der Waals surface area contributed by atoms with Crippen LogP contribution in [0.25, 0.3) is 0 Å². The number of hydrogen-bond acceptors (Lipinski definition) is 2. The molecular formula is C14H10Br2N2. The molecule has 0 atom stereocenters. The Bertz CT molecular complexity index is 630. The highest BCUT2D eigenvalue weighted by Crippen LogP contribution is 2.29. The third-order valence-electron chi connectivity index (χ3n) is 2.55. The van der Waals surface area contributed by atoms with Crippen LogP contribution in [-0.2, 0) is 0 Å². The molecular weight excluding hydrogens is 356 g/mol. The van der Waals surface area contributed by atoms with Crippen LogP contribution in [0.15, 0.2) is 45.3 Å². The molecule has 2 nitrogen and oxygen atoms in total. The van der Waals surface area contributed by atoms with Crippen molar-refractivity contribution in [1.29, 1.82) is 5.26 Å². The van der Waals surface area contributed by atoms with E-state index in [9.17, 15) is 0 Å². The van der Waals surface area contributed by atoms with E-state index in [4.69, 9.17) is 5.26 Å². The zero-order valence-corrected chi connectivity index (χ0v) is 12.8. The number of halogens is 2. The Hall–Kier alpha value is -1.31. The molecule has 0 spiro atoms. The van der Waals surface area contributed by atoms with Gasteiger partial charge >= 0.3 is 0 Å². The Balaban J connectivity index is 2.32. The second-order valence-corrected chi connectivity index (χ2v) is 5.66. The minimum absolute atomic E-state index is 0.703. The Labute approximate surface area is 123 Å². The maximum atomic E-state index is 8.90. The fourth-order valence-electron chi connectivity index (χ4n) is 1.62. The molecule has 0 unspecified atom stereocenters. The first-order valence-corrected chi connectivity index (χ1v) is 6.91. The summed E-state index contributed by atoms with van der Waals surface area (Å²) in [5.41, 5.74) is 3.61. The zero-order valence-electron chi connectivity index (χ0n) is 9.67. The van der Waals surface area contributed by atoms with Gasteiger partial charge in [0.1, 0.15) is 0 Å². The van der Waals surface area contributed by atoms with Crippen LogP contribution in [-0.4, -0.2) is 0 Å². The summed E-state index contributed by atoms with van der Waals surface area (Å²) >= 11 is 6.94. The first kappa shape index (κ1) is 13.1. The number of anilines is 2. The average molecular weight is 366 g/mol.